The first kappa shape index (κ1) is 21.6. The fraction of sp³-hybridized carbons (Fsp3) is 0.276. The van der Waals surface area contributed by atoms with Gasteiger partial charge in [0, 0.05) is 5.56 Å². The number of aromatic hydroxyl groups is 1. The van der Waals surface area contributed by atoms with Crippen molar-refractivity contribution in [3.05, 3.63) is 88.1 Å². The van der Waals surface area contributed by atoms with Gasteiger partial charge in [0.05, 0.1) is 11.7 Å². The summed E-state index contributed by atoms with van der Waals surface area (Å²) < 4.78 is 12.7. The van der Waals surface area contributed by atoms with Crippen molar-refractivity contribution in [3.8, 4) is 17.4 Å². The minimum atomic E-state index is -0.291. The van der Waals surface area contributed by atoms with Gasteiger partial charge in [0.2, 0.25) is 11.8 Å². The first-order valence-corrected chi connectivity index (χ1v) is 11.9. The van der Waals surface area contributed by atoms with E-state index in [1.165, 1.54) is 11.1 Å². The van der Waals surface area contributed by atoms with E-state index in [-0.39, 0.29) is 17.4 Å². The third-order valence-corrected chi connectivity index (χ3v) is 7.23. The third kappa shape index (κ3) is 3.60. The molecular formula is C29H27N3O3. The van der Waals surface area contributed by atoms with Crippen molar-refractivity contribution in [2.24, 2.45) is 4.99 Å². The Bertz CT molecular complexity index is 1530. The molecule has 1 aromatic heterocycles. The van der Waals surface area contributed by atoms with Crippen LogP contribution in [0.2, 0.25) is 0 Å². The van der Waals surface area contributed by atoms with Crippen LogP contribution in [0.25, 0.3) is 11.0 Å². The fourth-order valence-electron chi connectivity index (χ4n) is 5.17. The summed E-state index contributed by atoms with van der Waals surface area (Å²) in [5.41, 5.74) is 7.32. The Morgan fingerprint density at radius 3 is 2.77 bits per heavy atom. The van der Waals surface area contributed by atoms with Crippen LogP contribution in [0.1, 0.15) is 52.8 Å². The number of nitrogens with zero attached hydrogens (tertiary/aromatic N) is 3. The maximum atomic E-state index is 10.3. The molecule has 6 rings (SSSR count). The summed E-state index contributed by atoms with van der Waals surface area (Å²) >= 11 is 0. The van der Waals surface area contributed by atoms with Crippen LogP contribution in [0.15, 0.2) is 59.7 Å². The Morgan fingerprint density at radius 1 is 1.09 bits per heavy atom. The van der Waals surface area contributed by atoms with Gasteiger partial charge in [-0.05, 0) is 92.6 Å². The molecule has 176 valence electrons. The average Bonchev–Trinajstić information content (AvgIpc) is 3.19. The molecule has 0 radical (unpaired) electrons. The van der Waals surface area contributed by atoms with Gasteiger partial charge in [0.25, 0.3) is 0 Å². The number of aryl methyl sites for hydroxylation is 3. The Kier molecular flexibility index (Phi) is 4.81. The summed E-state index contributed by atoms with van der Waals surface area (Å²) in [6.07, 6.45) is 3.43. The van der Waals surface area contributed by atoms with E-state index >= 15 is 0 Å². The van der Waals surface area contributed by atoms with E-state index in [1.807, 2.05) is 32.0 Å². The number of rotatable bonds is 3. The summed E-state index contributed by atoms with van der Waals surface area (Å²) in [4.78, 5) is 14.0. The predicted octanol–water partition coefficient (Wildman–Crippen LogP) is 6.28. The zero-order valence-corrected chi connectivity index (χ0v) is 20.3. The molecule has 2 aliphatic rings. The number of phenols is 1. The van der Waals surface area contributed by atoms with Crippen molar-refractivity contribution in [2.75, 3.05) is 0 Å². The lowest BCUT2D eigenvalue weighted by molar-refractivity contribution is 0.131. The Labute approximate surface area is 204 Å². The van der Waals surface area contributed by atoms with E-state index in [4.69, 9.17) is 14.5 Å². The molecule has 35 heavy (non-hydrogen) atoms. The van der Waals surface area contributed by atoms with Gasteiger partial charge in [-0.2, -0.15) is 0 Å². The van der Waals surface area contributed by atoms with Gasteiger partial charge in [0.15, 0.2) is 6.10 Å². The molecular weight excluding hydrogens is 438 g/mol. The Balaban J connectivity index is 1.36. The second kappa shape index (κ2) is 7.80. The smallest absolute Gasteiger partial charge is 0.238 e. The molecule has 0 fully saturated rings. The molecule has 1 N–H and O–H groups in total. The largest absolute Gasteiger partial charge is 0.506 e. The standard InChI is InChI=1S/C29H27N3O3/c1-16-11-23-26(24(33)12-16)31-25(15-30-23)34-20-13-17(2)18(3)22(14-20)28-32-29(4)10-9-19-7-5-6-8-21(19)27(29)35-28/h5-8,11-15,27,33H,9-10H2,1-4H3/t27-,29-/m0/s1. The monoisotopic (exact) mass is 465 g/mol. The van der Waals surface area contributed by atoms with Gasteiger partial charge in [-0.3, -0.25) is 0 Å². The summed E-state index contributed by atoms with van der Waals surface area (Å²) in [6, 6.07) is 16.0. The average molecular weight is 466 g/mol. The van der Waals surface area contributed by atoms with E-state index in [9.17, 15) is 5.11 Å². The molecule has 0 unspecified atom stereocenters. The van der Waals surface area contributed by atoms with Gasteiger partial charge < -0.3 is 14.6 Å². The van der Waals surface area contributed by atoms with Crippen molar-refractivity contribution in [2.45, 2.75) is 52.2 Å². The van der Waals surface area contributed by atoms with Crippen LogP contribution in [0, 0.1) is 20.8 Å². The third-order valence-electron chi connectivity index (χ3n) is 7.23. The Morgan fingerprint density at radius 2 is 1.91 bits per heavy atom. The number of benzene rings is 3. The van der Waals surface area contributed by atoms with Crippen molar-refractivity contribution in [3.63, 3.8) is 0 Å². The molecule has 3 aromatic carbocycles. The quantitative estimate of drug-likeness (QED) is 0.386. The second-order valence-corrected chi connectivity index (χ2v) is 9.85. The molecule has 4 aromatic rings. The molecule has 2 heterocycles. The van der Waals surface area contributed by atoms with Crippen LogP contribution in [0.3, 0.4) is 0 Å². The molecule has 0 bridgehead atoms. The van der Waals surface area contributed by atoms with Crippen molar-refractivity contribution in [1.82, 2.24) is 9.97 Å². The van der Waals surface area contributed by atoms with Crippen molar-refractivity contribution in [1.29, 1.82) is 0 Å². The molecule has 0 saturated carbocycles. The lowest BCUT2D eigenvalue weighted by atomic mass is 9.77. The number of aromatic nitrogens is 2. The number of hydrogen-bond donors (Lipinski definition) is 1. The maximum absolute atomic E-state index is 10.3. The van der Waals surface area contributed by atoms with E-state index in [0.717, 1.165) is 35.1 Å². The molecule has 6 nitrogen and oxygen atoms in total. The lowest BCUT2D eigenvalue weighted by Gasteiger charge is -2.33. The highest BCUT2D eigenvalue weighted by atomic mass is 16.5. The van der Waals surface area contributed by atoms with E-state index < -0.39 is 0 Å². The van der Waals surface area contributed by atoms with Crippen LogP contribution >= 0.6 is 0 Å². The zero-order chi connectivity index (χ0) is 24.3. The number of fused-ring (bicyclic) bond motifs is 4. The minimum Gasteiger partial charge on any atom is -0.506 e. The van der Waals surface area contributed by atoms with E-state index in [2.05, 4.69) is 48.1 Å². The number of ether oxygens (including phenoxy) is 2. The highest BCUT2D eigenvalue weighted by Crippen LogP contribution is 2.47. The highest BCUT2D eigenvalue weighted by molar-refractivity contribution is 5.98. The van der Waals surface area contributed by atoms with Crippen LogP contribution in [-0.2, 0) is 11.2 Å². The molecule has 2 atom stereocenters. The lowest BCUT2D eigenvalue weighted by Crippen LogP contribution is -2.33. The van der Waals surface area contributed by atoms with Crippen LogP contribution < -0.4 is 4.74 Å². The normalized spacial score (nSPS) is 20.7. The van der Waals surface area contributed by atoms with Gasteiger partial charge in [0.1, 0.15) is 22.6 Å². The Hall–Kier alpha value is -3.93. The van der Waals surface area contributed by atoms with Gasteiger partial charge >= 0.3 is 0 Å². The topological polar surface area (TPSA) is 76.8 Å². The first-order valence-electron chi connectivity index (χ1n) is 11.9. The number of aliphatic imine (C=N–C) groups is 1. The molecule has 0 saturated heterocycles. The molecule has 1 aliphatic heterocycles. The van der Waals surface area contributed by atoms with Crippen LogP contribution in [0.4, 0.5) is 0 Å². The van der Waals surface area contributed by atoms with Gasteiger partial charge in [-0.15, -0.1) is 0 Å². The first-order chi connectivity index (χ1) is 16.8. The highest BCUT2D eigenvalue weighted by Gasteiger charge is 2.46. The summed E-state index contributed by atoms with van der Waals surface area (Å²) in [5, 5.41) is 10.3. The second-order valence-electron chi connectivity index (χ2n) is 9.85. The molecule has 1 aliphatic carbocycles. The fourth-order valence-corrected chi connectivity index (χ4v) is 5.17. The number of phenolic OH excluding ortho intramolecular Hbond substituents is 1. The van der Waals surface area contributed by atoms with E-state index in [0.29, 0.717) is 28.6 Å². The predicted molar refractivity (Wildman–Crippen MR) is 135 cm³/mol. The zero-order valence-electron chi connectivity index (χ0n) is 20.3. The van der Waals surface area contributed by atoms with Crippen LogP contribution in [-0.4, -0.2) is 26.5 Å². The van der Waals surface area contributed by atoms with E-state index in [1.54, 1.807) is 12.3 Å². The minimum absolute atomic E-state index is 0.0866. The van der Waals surface area contributed by atoms with Crippen LogP contribution in [0.5, 0.6) is 17.4 Å². The SMILES string of the molecule is Cc1cc(O)c2nc(Oc3cc(C)c(C)c(C4=N[C@@]5(C)CCc6ccccc6[C@@H]5O4)c3)cnc2c1. The number of hydrogen-bond acceptors (Lipinski definition) is 6. The molecule has 6 heteroatoms. The summed E-state index contributed by atoms with van der Waals surface area (Å²) in [6.45, 7) is 8.22. The van der Waals surface area contributed by atoms with Gasteiger partial charge in [-0.1, -0.05) is 24.3 Å². The summed E-state index contributed by atoms with van der Waals surface area (Å²) in [5.74, 6) is 1.67. The molecule has 0 spiro atoms. The van der Waals surface area contributed by atoms with Crippen molar-refractivity contribution < 1.29 is 14.6 Å². The molecule has 0 amide bonds. The van der Waals surface area contributed by atoms with Gasteiger partial charge in [-0.25, -0.2) is 15.0 Å². The summed E-state index contributed by atoms with van der Waals surface area (Å²) in [7, 11) is 0. The van der Waals surface area contributed by atoms with Crippen molar-refractivity contribution >= 4 is 16.9 Å². The maximum Gasteiger partial charge on any atom is 0.238 e.